The standard InChI is InChI=1S/C15H19ClN2O3/c16-11-4-2-6-13(8-11)18(9-14(19)20)15(21)10-3-1-5-12(17)7-10/h2,4,6,8,10,12H,1,3,5,7,9,17H2,(H,19,20). The van der Waals surface area contributed by atoms with Crippen LogP contribution in [0.1, 0.15) is 25.7 Å². The van der Waals surface area contributed by atoms with Gasteiger partial charge in [0.15, 0.2) is 0 Å². The molecule has 1 aliphatic rings. The first-order chi connectivity index (χ1) is 9.97. The largest absolute Gasteiger partial charge is 0.480 e. The molecule has 5 nitrogen and oxygen atoms in total. The highest BCUT2D eigenvalue weighted by atomic mass is 35.5. The Kier molecular flexibility index (Phi) is 5.20. The molecule has 1 aliphatic carbocycles. The lowest BCUT2D eigenvalue weighted by Gasteiger charge is -2.30. The van der Waals surface area contributed by atoms with Crippen LogP contribution in [0.3, 0.4) is 0 Å². The van der Waals surface area contributed by atoms with Gasteiger partial charge >= 0.3 is 5.97 Å². The first-order valence-corrected chi connectivity index (χ1v) is 7.39. The predicted octanol–water partition coefficient (Wildman–Crippen LogP) is 2.28. The SMILES string of the molecule is NC1CCCC(C(=O)N(CC(=O)O)c2cccc(Cl)c2)C1. The molecule has 0 aliphatic heterocycles. The van der Waals surface area contributed by atoms with E-state index in [1.807, 2.05) is 0 Å². The van der Waals surface area contributed by atoms with Gasteiger partial charge in [0.05, 0.1) is 0 Å². The molecule has 0 radical (unpaired) electrons. The van der Waals surface area contributed by atoms with Gasteiger partial charge in [0.1, 0.15) is 6.54 Å². The van der Waals surface area contributed by atoms with Crippen LogP contribution in [-0.4, -0.2) is 29.6 Å². The fourth-order valence-electron chi connectivity index (χ4n) is 2.75. The first kappa shape index (κ1) is 15.8. The summed E-state index contributed by atoms with van der Waals surface area (Å²) in [5, 5.41) is 9.53. The molecule has 1 amide bonds. The van der Waals surface area contributed by atoms with Crippen molar-refractivity contribution in [2.24, 2.45) is 11.7 Å². The number of benzene rings is 1. The van der Waals surface area contributed by atoms with E-state index in [1.165, 1.54) is 4.90 Å². The Hall–Kier alpha value is -1.59. The smallest absolute Gasteiger partial charge is 0.323 e. The lowest BCUT2D eigenvalue weighted by Crippen LogP contribution is -2.43. The zero-order valence-electron chi connectivity index (χ0n) is 11.7. The summed E-state index contributed by atoms with van der Waals surface area (Å²) < 4.78 is 0. The van der Waals surface area contributed by atoms with Crippen molar-refractivity contribution in [3.8, 4) is 0 Å². The summed E-state index contributed by atoms with van der Waals surface area (Å²) in [5.41, 5.74) is 6.43. The van der Waals surface area contributed by atoms with E-state index in [4.69, 9.17) is 22.4 Å². The number of halogens is 1. The molecular weight excluding hydrogens is 292 g/mol. The Morgan fingerprint density at radius 3 is 2.76 bits per heavy atom. The maximum Gasteiger partial charge on any atom is 0.323 e. The minimum Gasteiger partial charge on any atom is -0.480 e. The van der Waals surface area contributed by atoms with Crippen LogP contribution in [-0.2, 0) is 9.59 Å². The van der Waals surface area contributed by atoms with Gasteiger partial charge in [-0.05, 0) is 37.5 Å². The van der Waals surface area contributed by atoms with Crippen molar-refractivity contribution in [2.45, 2.75) is 31.7 Å². The zero-order chi connectivity index (χ0) is 15.4. The number of carbonyl (C=O) groups is 2. The minimum absolute atomic E-state index is 0.0127. The van der Waals surface area contributed by atoms with Crippen LogP contribution >= 0.6 is 11.6 Å². The molecule has 3 N–H and O–H groups in total. The number of carboxylic acids is 1. The third-order valence-electron chi connectivity index (χ3n) is 3.74. The van der Waals surface area contributed by atoms with Crippen molar-refractivity contribution in [1.29, 1.82) is 0 Å². The summed E-state index contributed by atoms with van der Waals surface area (Å²) in [6.45, 7) is -0.370. The van der Waals surface area contributed by atoms with Gasteiger partial charge in [-0.2, -0.15) is 0 Å². The topological polar surface area (TPSA) is 83.6 Å². The summed E-state index contributed by atoms with van der Waals surface area (Å²) in [7, 11) is 0. The minimum atomic E-state index is -1.05. The number of anilines is 1. The van der Waals surface area contributed by atoms with E-state index in [0.29, 0.717) is 17.1 Å². The van der Waals surface area contributed by atoms with Crippen LogP contribution in [0.5, 0.6) is 0 Å². The second kappa shape index (κ2) is 6.91. The summed E-state index contributed by atoms with van der Waals surface area (Å²) in [6.07, 6.45) is 3.17. The normalized spacial score (nSPS) is 21.8. The van der Waals surface area contributed by atoms with Gasteiger partial charge in [0.25, 0.3) is 0 Å². The number of hydrogen-bond acceptors (Lipinski definition) is 3. The number of nitrogens with two attached hydrogens (primary N) is 1. The number of aliphatic carboxylic acids is 1. The van der Waals surface area contributed by atoms with E-state index < -0.39 is 5.97 Å². The predicted molar refractivity (Wildman–Crippen MR) is 81.4 cm³/mol. The summed E-state index contributed by atoms with van der Waals surface area (Å²) >= 11 is 5.93. The van der Waals surface area contributed by atoms with Crippen molar-refractivity contribution < 1.29 is 14.7 Å². The quantitative estimate of drug-likeness (QED) is 0.893. The van der Waals surface area contributed by atoms with Crippen LogP contribution in [0.4, 0.5) is 5.69 Å². The Morgan fingerprint density at radius 2 is 2.14 bits per heavy atom. The maximum atomic E-state index is 12.7. The number of hydrogen-bond donors (Lipinski definition) is 2. The summed E-state index contributed by atoms with van der Waals surface area (Å²) in [6, 6.07) is 6.69. The molecule has 114 valence electrons. The molecule has 0 bridgehead atoms. The highest BCUT2D eigenvalue weighted by molar-refractivity contribution is 6.31. The van der Waals surface area contributed by atoms with Gasteiger partial charge in [-0.1, -0.05) is 24.1 Å². The van der Waals surface area contributed by atoms with Gasteiger partial charge in [-0.15, -0.1) is 0 Å². The van der Waals surface area contributed by atoms with E-state index >= 15 is 0 Å². The monoisotopic (exact) mass is 310 g/mol. The number of carboxylic acid groups (broad SMARTS) is 1. The van der Waals surface area contributed by atoms with Crippen molar-refractivity contribution in [3.05, 3.63) is 29.3 Å². The molecule has 0 aromatic heterocycles. The molecule has 2 rings (SSSR count). The van der Waals surface area contributed by atoms with E-state index in [2.05, 4.69) is 0 Å². The molecule has 1 saturated carbocycles. The highest BCUT2D eigenvalue weighted by Gasteiger charge is 2.30. The molecule has 6 heteroatoms. The molecule has 0 spiro atoms. The fourth-order valence-corrected chi connectivity index (χ4v) is 2.93. The Balaban J connectivity index is 2.22. The highest BCUT2D eigenvalue weighted by Crippen LogP contribution is 2.28. The van der Waals surface area contributed by atoms with Crippen LogP contribution in [0.15, 0.2) is 24.3 Å². The van der Waals surface area contributed by atoms with Crippen LogP contribution < -0.4 is 10.6 Å². The molecule has 1 fully saturated rings. The van der Waals surface area contributed by atoms with Gasteiger partial charge in [0, 0.05) is 22.7 Å². The summed E-state index contributed by atoms with van der Waals surface area (Å²) in [5.74, 6) is -1.45. The van der Waals surface area contributed by atoms with Crippen LogP contribution in [0, 0.1) is 5.92 Å². The average molecular weight is 311 g/mol. The van der Waals surface area contributed by atoms with Crippen molar-refractivity contribution in [1.82, 2.24) is 0 Å². The molecule has 1 aromatic carbocycles. The summed E-state index contributed by atoms with van der Waals surface area (Å²) in [4.78, 5) is 25.0. The Morgan fingerprint density at radius 1 is 1.38 bits per heavy atom. The van der Waals surface area contributed by atoms with E-state index in [1.54, 1.807) is 24.3 Å². The molecule has 0 heterocycles. The van der Waals surface area contributed by atoms with Gasteiger partial charge < -0.3 is 15.7 Å². The van der Waals surface area contributed by atoms with E-state index in [9.17, 15) is 9.59 Å². The van der Waals surface area contributed by atoms with Crippen molar-refractivity contribution >= 4 is 29.2 Å². The van der Waals surface area contributed by atoms with E-state index in [0.717, 1.165) is 19.3 Å². The maximum absolute atomic E-state index is 12.7. The molecule has 2 atom stereocenters. The number of rotatable bonds is 4. The Labute approximate surface area is 128 Å². The number of amides is 1. The third-order valence-corrected chi connectivity index (χ3v) is 3.98. The van der Waals surface area contributed by atoms with Gasteiger partial charge in [-0.25, -0.2) is 0 Å². The fraction of sp³-hybridized carbons (Fsp3) is 0.467. The Bertz CT molecular complexity index is 535. The van der Waals surface area contributed by atoms with Gasteiger partial charge in [-0.3, -0.25) is 9.59 Å². The number of carbonyl (C=O) groups excluding carboxylic acids is 1. The number of nitrogens with zero attached hydrogens (tertiary/aromatic N) is 1. The van der Waals surface area contributed by atoms with Crippen LogP contribution in [0.2, 0.25) is 5.02 Å². The molecule has 21 heavy (non-hydrogen) atoms. The zero-order valence-corrected chi connectivity index (χ0v) is 12.4. The van der Waals surface area contributed by atoms with Crippen LogP contribution in [0.25, 0.3) is 0 Å². The first-order valence-electron chi connectivity index (χ1n) is 7.01. The van der Waals surface area contributed by atoms with Crippen molar-refractivity contribution in [2.75, 3.05) is 11.4 Å². The third kappa shape index (κ3) is 4.19. The second-order valence-corrected chi connectivity index (χ2v) is 5.86. The average Bonchev–Trinajstić information content (AvgIpc) is 2.44. The lowest BCUT2D eigenvalue weighted by atomic mass is 9.85. The van der Waals surface area contributed by atoms with E-state index in [-0.39, 0.29) is 24.4 Å². The second-order valence-electron chi connectivity index (χ2n) is 5.42. The molecular formula is C15H19ClN2O3. The lowest BCUT2D eigenvalue weighted by molar-refractivity contribution is -0.137. The van der Waals surface area contributed by atoms with Crippen molar-refractivity contribution in [3.63, 3.8) is 0 Å². The molecule has 0 saturated heterocycles. The molecule has 2 unspecified atom stereocenters. The van der Waals surface area contributed by atoms with Gasteiger partial charge in [0.2, 0.25) is 5.91 Å². The molecule has 1 aromatic rings.